The minimum atomic E-state index is -1.21. The summed E-state index contributed by atoms with van der Waals surface area (Å²) >= 11 is 1.58. The monoisotopic (exact) mass is 576 g/mol. The first-order valence-corrected chi connectivity index (χ1v) is 15.1. The van der Waals surface area contributed by atoms with Gasteiger partial charge in [-0.25, -0.2) is 4.79 Å². The molecule has 2 rings (SSSR count). The van der Waals surface area contributed by atoms with Crippen LogP contribution in [0, 0.1) is 5.92 Å². The molecule has 0 aliphatic rings. The summed E-state index contributed by atoms with van der Waals surface area (Å²) in [5.41, 5.74) is 13.2. The van der Waals surface area contributed by atoms with Crippen LogP contribution in [0.5, 0.6) is 0 Å². The van der Waals surface area contributed by atoms with Gasteiger partial charge in [0.15, 0.2) is 0 Å². The standard InChI is InChI=1S/C28H44N6O5S/c1-17(2)14-23(33-25(35)20(30)11-13-40-3)27(37)32-22(10-6-7-12-29)26(36)34-24(28(38)39)15-18-16-31-21-9-5-4-8-19(18)21/h4-5,8-9,16-17,20,22-24,31H,6-7,10-15,29-30H2,1-3H3,(H,32,37)(H,33,35)(H,34,36)(H,38,39). The molecule has 11 nitrogen and oxygen atoms in total. The van der Waals surface area contributed by atoms with Crippen LogP contribution in [0.15, 0.2) is 30.5 Å². The number of fused-ring (bicyclic) bond motifs is 1. The largest absolute Gasteiger partial charge is 0.480 e. The number of H-pyrrole nitrogens is 1. The van der Waals surface area contributed by atoms with Crippen molar-refractivity contribution >= 4 is 46.4 Å². The number of hydrogen-bond acceptors (Lipinski definition) is 7. The number of carbonyl (C=O) groups is 4. The van der Waals surface area contributed by atoms with E-state index in [1.165, 1.54) is 0 Å². The summed E-state index contributed by atoms with van der Waals surface area (Å²) in [6, 6.07) is 3.66. The molecule has 0 bridgehead atoms. The third-order valence-corrected chi connectivity index (χ3v) is 7.25. The van der Waals surface area contributed by atoms with Crippen molar-refractivity contribution in [2.45, 2.75) is 76.5 Å². The number of hydrogen-bond donors (Lipinski definition) is 7. The molecule has 4 unspecified atom stereocenters. The maximum absolute atomic E-state index is 13.3. The average Bonchev–Trinajstić information content (AvgIpc) is 3.32. The van der Waals surface area contributed by atoms with E-state index < -0.39 is 47.9 Å². The molecule has 1 aromatic carbocycles. The molecule has 0 aliphatic heterocycles. The average molecular weight is 577 g/mol. The summed E-state index contributed by atoms with van der Waals surface area (Å²) in [6.07, 6.45) is 5.99. The van der Waals surface area contributed by atoms with Crippen molar-refractivity contribution in [3.63, 3.8) is 0 Å². The molecule has 12 heteroatoms. The van der Waals surface area contributed by atoms with Crippen molar-refractivity contribution in [3.8, 4) is 0 Å². The molecule has 0 radical (unpaired) electrons. The molecule has 0 aliphatic carbocycles. The van der Waals surface area contributed by atoms with Gasteiger partial charge < -0.3 is 37.5 Å². The summed E-state index contributed by atoms with van der Waals surface area (Å²) in [5.74, 6) is -1.95. The predicted octanol–water partition coefficient (Wildman–Crippen LogP) is 1.50. The first kappa shape index (κ1) is 33.1. The van der Waals surface area contributed by atoms with Crippen molar-refractivity contribution in [2.75, 3.05) is 18.6 Å². The lowest BCUT2D eigenvalue weighted by atomic mass is 10.0. The van der Waals surface area contributed by atoms with Crippen LogP contribution in [0.4, 0.5) is 0 Å². The maximum atomic E-state index is 13.3. The van der Waals surface area contributed by atoms with Gasteiger partial charge in [0.05, 0.1) is 6.04 Å². The normalized spacial score (nSPS) is 14.3. The van der Waals surface area contributed by atoms with Gasteiger partial charge in [-0.3, -0.25) is 14.4 Å². The predicted molar refractivity (Wildman–Crippen MR) is 159 cm³/mol. The quantitative estimate of drug-likeness (QED) is 0.130. The lowest BCUT2D eigenvalue weighted by Crippen LogP contribution is -2.57. The van der Waals surface area contributed by atoms with Crippen LogP contribution in [-0.4, -0.2) is 76.5 Å². The third-order valence-electron chi connectivity index (χ3n) is 6.60. The van der Waals surface area contributed by atoms with E-state index in [-0.39, 0.29) is 18.8 Å². The van der Waals surface area contributed by atoms with Gasteiger partial charge in [0.25, 0.3) is 0 Å². The second-order valence-electron chi connectivity index (χ2n) is 10.4. The molecule has 0 saturated carbocycles. The van der Waals surface area contributed by atoms with Crippen LogP contribution in [0.25, 0.3) is 10.9 Å². The summed E-state index contributed by atoms with van der Waals surface area (Å²) in [4.78, 5) is 54.5. The fourth-order valence-corrected chi connectivity index (χ4v) is 4.87. The molecule has 9 N–H and O–H groups in total. The van der Waals surface area contributed by atoms with Crippen LogP contribution in [-0.2, 0) is 25.6 Å². The Morgan fingerprint density at radius 1 is 0.950 bits per heavy atom. The van der Waals surface area contributed by atoms with Crippen molar-refractivity contribution in [1.29, 1.82) is 0 Å². The van der Waals surface area contributed by atoms with Gasteiger partial charge in [0.2, 0.25) is 17.7 Å². The molecular weight excluding hydrogens is 532 g/mol. The van der Waals surface area contributed by atoms with Gasteiger partial charge in [-0.2, -0.15) is 11.8 Å². The minimum absolute atomic E-state index is 0.0640. The highest BCUT2D eigenvalue weighted by Gasteiger charge is 2.31. The van der Waals surface area contributed by atoms with Gasteiger partial charge in [-0.15, -0.1) is 0 Å². The molecule has 0 spiro atoms. The molecule has 2 aromatic rings. The Morgan fingerprint density at radius 3 is 2.25 bits per heavy atom. The number of carbonyl (C=O) groups excluding carboxylic acids is 3. The number of aromatic amines is 1. The first-order valence-electron chi connectivity index (χ1n) is 13.7. The Morgan fingerprint density at radius 2 is 1.60 bits per heavy atom. The molecular formula is C28H44N6O5S. The molecule has 3 amide bonds. The van der Waals surface area contributed by atoms with Crippen LogP contribution < -0.4 is 27.4 Å². The zero-order chi connectivity index (χ0) is 29.7. The summed E-state index contributed by atoms with van der Waals surface area (Å²) in [6.45, 7) is 4.27. The zero-order valence-corrected chi connectivity index (χ0v) is 24.4. The Labute approximate surface area is 240 Å². The molecule has 0 saturated heterocycles. The number of carboxylic acids is 1. The molecule has 0 fully saturated rings. The number of aliphatic carboxylic acids is 1. The number of nitrogens with two attached hydrogens (primary N) is 2. The van der Waals surface area contributed by atoms with Crippen molar-refractivity contribution in [1.82, 2.24) is 20.9 Å². The SMILES string of the molecule is CSCCC(N)C(=O)NC(CC(C)C)C(=O)NC(CCCCN)C(=O)NC(Cc1c[nH]c2ccccc12)C(=O)O. The molecule has 222 valence electrons. The Hall–Kier alpha value is -3.09. The highest BCUT2D eigenvalue weighted by Crippen LogP contribution is 2.19. The van der Waals surface area contributed by atoms with E-state index in [0.29, 0.717) is 38.0 Å². The highest BCUT2D eigenvalue weighted by atomic mass is 32.2. The zero-order valence-electron chi connectivity index (χ0n) is 23.6. The number of amides is 3. The van der Waals surface area contributed by atoms with Gasteiger partial charge in [0, 0.05) is 23.5 Å². The third kappa shape index (κ3) is 10.5. The Bertz CT molecular complexity index is 1120. The van der Waals surface area contributed by atoms with E-state index in [9.17, 15) is 24.3 Å². The summed E-state index contributed by atoms with van der Waals surface area (Å²) in [7, 11) is 0. The van der Waals surface area contributed by atoms with E-state index >= 15 is 0 Å². The van der Waals surface area contributed by atoms with Crippen LogP contribution >= 0.6 is 11.8 Å². The van der Waals surface area contributed by atoms with E-state index in [4.69, 9.17) is 11.5 Å². The van der Waals surface area contributed by atoms with Gasteiger partial charge in [0.1, 0.15) is 18.1 Å². The number of para-hydroxylation sites is 1. The summed E-state index contributed by atoms with van der Waals surface area (Å²) in [5, 5.41) is 18.9. The Kier molecular flexibility index (Phi) is 14.0. The van der Waals surface area contributed by atoms with E-state index in [1.807, 2.05) is 44.4 Å². The number of nitrogens with one attached hydrogen (secondary N) is 4. The van der Waals surface area contributed by atoms with Gasteiger partial charge >= 0.3 is 5.97 Å². The van der Waals surface area contributed by atoms with E-state index in [2.05, 4.69) is 20.9 Å². The first-order chi connectivity index (χ1) is 19.1. The molecule has 1 heterocycles. The van der Waals surface area contributed by atoms with Crippen molar-refractivity contribution < 1.29 is 24.3 Å². The lowest BCUT2D eigenvalue weighted by Gasteiger charge is -2.26. The van der Waals surface area contributed by atoms with Crippen molar-refractivity contribution in [2.24, 2.45) is 17.4 Å². The maximum Gasteiger partial charge on any atom is 0.326 e. The van der Waals surface area contributed by atoms with Crippen LogP contribution in [0.3, 0.4) is 0 Å². The number of rotatable bonds is 18. The number of benzene rings is 1. The Balaban J connectivity index is 2.17. The van der Waals surface area contributed by atoms with Crippen molar-refractivity contribution in [3.05, 3.63) is 36.0 Å². The summed E-state index contributed by atoms with van der Waals surface area (Å²) < 4.78 is 0. The van der Waals surface area contributed by atoms with E-state index in [1.54, 1.807) is 18.0 Å². The molecule has 1 aromatic heterocycles. The van der Waals surface area contributed by atoms with Gasteiger partial charge in [-0.05, 0) is 68.2 Å². The molecule has 40 heavy (non-hydrogen) atoms. The number of unbranched alkanes of at least 4 members (excludes halogenated alkanes) is 1. The van der Waals surface area contributed by atoms with Gasteiger partial charge in [-0.1, -0.05) is 32.0 Å². The highest BCUT2D eigenvalue weighted by molar-refractivity contribution is 7.98. The number of thioether (sulfide) groups is 1. The fourth-order valence-electron chi connectivity index (χ4n) is 4.38. The second-order valence-corrected chi connectivity index (χ2v) is 11.4. The second kappa shape index (κ2) is 16.9. The number of aromatic nitrogens is 1. The van der Waals surface area contributed by atoms with Crippen LogP contribution in [0.2, 0.25) is 0 Å². The topological polar surface area (TPSA) is 192 Å². The van der Waals surface area contributed by atoms with Crippen LogP contribution in [0.1, 0.15) is 51.5 Å². The lowest BCUT2D eigenvalue weighted by molar-refractivity contribution is -0.142. The van der Waals surface area contributed by atoms with E-state index in [0.717, 1.165) is 16.5 Å². The smallest absolute Gasteiger partial charge is 0.326 e. The molecule has 4 atom stereocenters. The fraction of sp³-hybridized carbons (Fsp3) is 0.571. The number of carboxylic acid groups (broad SMARTS) is 1. The minimum Gasteiger partial charge on any atom is -0.480 e.